The van der Waals surface area contributed by atoms with E-state index in [1.165, 1.54) is 22.3 Å². The van der Waals surface area contributed by atoms with Gasteiger partial charge in [-0.1, -0.05) is 168 Å². The van der Waals surface area contributed by atoms with Crippen LogP contribution in [0.15, 0.2) is 188 Å². The summed E-state index contributed by atoms with van der Waals surface area (Å²) >= 11 is 0. The second-order valence-corrected chi connectivity index (χ2v) is 19.0. The van der Waals surface area contributed by atoms with E-state index in [0.717, 1.165) is 116 Å². The van der Waals surface area contributed by atoms with Crippen LogP contribution in [0.25, 0.3) is 111 Å². The molecule has 0 aliphatic carbocycles. The molecule has 3 heterocycles. The van der Waals surface area contributed by atoms with Gasteiger partial charge < -0.3 is 9.13 Å². The van der Waals surface area contributed by atoms with Gasteiger partial charge >= 0.3 is 0 Å². The fourth-order valence-electron chi connectivity index (χ4n) is 10.4. The lowest BCUT2D eigenvalue weighted by molar-refractivity contribution is 1.04. The zero-order valence-electron chi connectivity index (χ0n) is 40.1. The zero-order valence-corrected chi connectivity index (χ0v) is 40.1. The molecule has 5 nitrogen and oxygen atoms in total. The average Bonchev–Trinajstić information content (AvgIpc) is 3.87. The first-order chi connectivity index (χ1) is 34.1. The Morgan fingerprint density at radius 1 is 0.329 bits per heavy atom. The Bertz CT molecular complexity index is 3630. The minimum absolute atomic E-state index is 0.525. The third-order valence-corrected chi connectivity index (χ3v) is 14.0. The SMILES string of the molecule is Cc1ccc(-c2ccc3c4ccc(-c5ccc(C)cc5)cc4n(-c4cc(C#N)cc(-n5c6cc(-c7ccc(C)cc7)ccc6c6ccc(-c7ccc(C)cc7)cc65)c4-c4nc(C)cc(C)n4)c3c2)cc1. The van der Waals surface area contributed by atoms with Gasteiger partial charge in [0, 0.05) is 32.9 Å². The van der Waals surface area contributed by atoms with Gasteiger partial charge in [0.1, 0.15) is 0 Å². The topological polar surface area (TPSA) is 59.4 Å². The molecule has 0 N–H and O–H groups in total. The molecule has 0 saturated heterocycles. The second kappa shape index (κ2) is 16.7. The van der Waals surface area contributed by atoms with Gasteiger partial charge in [-0.2, -0.15) is 5.26 Å². The molecule has 5 heteroatoms. The smallest absolute Gasteiger partial charge is 0.163 e. The van der Waals surface area contributed by atoms with Crippen LogP contribution in [0, 0.1) is 52.9 Å². The van der Waals surface area contributed by atoms with Gasteiger partial charge in [0.25, 0.3) is 0 Å². The third-order valence-electron chi connectivity index (χ3n) is 14.0. The van der Waals surface area contributed by atoms with Crippen molar-refractivity contribution < 1.29 is 0 Å². The van der Waals surface area contributed by atoms with Crippen molar-refractivity contribution in [3.8, 4) is 73.3 Å². The maximum atomic E-state index is 11.2. The van der Waals surface area contributed by atoms with Crippen LogP contribution in [0.5, 0.6) is 0 Å². The molecule has 0 aliphatic heterocycles. The van der Waals surface area contributed by atoms with Crippen LogP contribution < -0.4 is 0 Å². The molecule has 0 aliphatic rings. The minimum Gasteiger partial charge on any atom is -0.308 e. The van der Waals surface area contributed by atoms with Gasteiger partial charge in [0.05, 0.1) is 50.6 Å². The molecule has 12 rings (SSSR count). The van der Waals surface area contributed by atoms with Crippen molar-refractivity contribution in [2.24, 2.45) is 0 Å². The van der Waals surface area contributed by atoms with Crippen molar-refractivity contribution in [3.63, 3.8) is 0 Å². The largest absolute Gasteiger partial charge is 0.308 e. The molecule has 334 valence electrons. The van der Waals surface area contributed by atoms with E-state index in [1.54, 1.807) is 0 Å². The highest BCUT2D eigenvalue weighted by molar-refractivity contribution is 6.14. The third kappa shape index (κ3) is 7.33. The van der Waals surface area contributed by atoms with E-state index in [4.69, 9.17) is 9.97 Å². The number of aromatic nitrogens is 4. The molecule has 70 heavy (non-hydrogen) atoms. The summed E-state index contributed by atoms with van der Waals surface area (Å²) in [4.78, 5) is 10.6. The second-order valence-electron chi connectivity index (χ2n) is 19.0. The summed E-state index contributed by atoms with van der Waals surface area (Å²) in [7, 11) is 0. The molecular formula is C65H49N5. The van der Waals surface area contributed by atoms with Gasteiger partial charge in [0.2, 0.25) is 0 Å². The van der Waals surface area contributed by atoms with Crippen molar-refractivity contribution >= 4 is 43.6 Å². The number of fused-ring (bicyclic) bond motifs is 6. The number of benzene rings is 9. The molecule has 3 aromatic heterocycles. The van der Waals surface area contributed by atoms with E-state index in [0.29, 0.717) is 11.4 Å². The Kier molecular flexibility index (Phi) is 10.2. The predicted octanol–water partition coefficient (Wildman–Crippen LogP) is 16.7. The van der Waals surface area contributed by atoms with Crippen molar-refractivity contribution in [2.45, 2.75) is 41.5 Å². The molecule has 0 amide bonds. The molecule has 0 radical (unpaired) electrons. The molecule has 0 fully saturated rings. The van der Waals surface area contributed by atoms with Crippen molar-refractivity contribution in [1.82, 2.24) is 19.1 Å². The van der Waals surface area contributed by atoms with Gasteiger partial charge in [0.15, 0.2) is 5.82 Å². The molecule has 0 atom stereocenters. The van der Waals surface area contributed by atoms with Crippen molar-refractivity contribution in [3.05, 3.63) is 227 Å². The Labute approximate surface area is 408 Å². The summed E-state index contributed by atoms with van der Waals surface area (Å²) in [6.07, 6.45) is 0. The first-order valence-electron chi connectivity index (χ1n) is 23.9. The highest BCUT2D eigenvalue weighted by Gasteiger charge is 2.26. The molecule has 0 spiro atoms. The van der Waals surface area contributed by atoms with Crippen LogP contribution >= 0.6 is 0 Å². The summed E-state index contributed by atoms with van der Waals surface area (Å²) in [6.45, 7) is 12.6. The van der Waals surface area contributed by atoms with Crippen molar-refractivity contribution in [2.75, 3.05) is 0 Å². The van der Waals surface area contributed by atoms with Crippen molar-refractivity contribution in [1.29, 1.82) is 5.26 Å². The summed E-state index contributed by atoms with van der Waals surface area (Å²) < 4.78 is 4.73. The van der Waals surface area contributed by atoms with Crippen LogP contribution in [-0.4, -0.2) is 19.1 Å². The van der Waals surface area contributed by atoms with E-state index < -0.39 is 0 Å². The fourth-order valence-corrected chi connectivity index (χ4v) is 10.4. The molecule has 0 bridgehead atoms. The van der Waals surface area contributed by atoms with Gasteiger partial charge in [-0.25, -0.2) is 9.97 Å². The van der Waals surface area contributed by atoms with E-state index in [1.807, 2.05) is 32.0 Å². The van der Waals surface area contributed by atoms with Gasteiger partial charge in [-0.3, -0.25) is 0 Å². The number of nitrogens with zero attached hydrogens (tertiary/aromatic N) is 5. The lowest BCUT2D eigenvalue weighted by Crippen LogP contribution is -2.08. The quantitative estimate of drug-likeness (QED) is 0.160. The number of nitriles is 1. The standard InChI is InChI=1S/C65H49N5/c1-39-7-15-46(16-8-39)50-23-27-54-55-28-24-51(47-17-9-40(2)10-18-47)35-59(55)69(58(54)34-50)62-32-45(38-66)33-63(64(62)65-67-43(5)31-44(6)68-65)70-60-36-52(48-19-11-41(3)12-20-48)25-29-56(60)57-30-26-53(37-61(57)70)49-21-13-42(4)14-22-49/h7-37H,1-6H3. The fraction of sp³-hybridized carbons (Fsp3) is 0.0923. The van der Waals surface area contributed by atoms with Gasteiger partial charge in [-0.05, 0) is 129 Å². The van der Waals surface area contributed by atoms with E-state index in [-0.39, 0.29) is 0 Å². The van der Waals surface area contributed by atoms with Crippen LogP contribution in [0.3, 0.4) is 0 Å². The summed E-state index contributed by atoms with van der Waals surface area (Å²) in [6, 6.07) is 70.8. The Hall–Kier alpha value is -8.85. The van der Waals surface area contributed by atoms with Gasteiger partial charge in [-0.15, -0.1) is 0 Å². The summed E-state index contributed by atoms with van der Waals surface area (Å²) in [5.74, 6) is 0.589. The molecule has 12 aromatic rings. The van der Waals surface area contributed by atoms with Crippen LogP contribution in [0.1, 0.15) is 39.2 Å². The van der Waals surface area contributed by atoms with Crippen LogP contribution in [0.2, 0.25) is 0 Å². The maximum Gasteiger partial charge on any atom is 0.163 e. The Morgan fingerprint density at radius 2 is 0.600 bits per heavy atom. The van der Waals surface area contributed by atoms with Crippen LogP contribution in [-0.2, 0) is 0 Å². The number of hydrogen-bond donors (Lipinski definition) is 0. The number of rotatable bonds is 7. The predicted molar refractivity (Wildman–Crippen MR) is 291 cm³/mol. The average molecular weight is 900 g/mol. The van der Waals surface area contributed by atoms with E-state index in [9.17, 15) is 5.26 Å². The lowest BCUT2D eigenvalue weighted by Gasteiger charge is -2.21. The van der Waals surface area contributed by atoms with E-state index >= 15 is 0 Å². The maximum absolute atomic E-state index is 11.2. The van der Waals surface area contributed by atoms with E-state index in [2.05, 4.69) is 213 Å². The molecule has 0 unspecified atom stereocenters. The molecule has 0 saturated carbocycles. The summed E-state index contributed by atoms with van der Waals surface area (Å²) in [5.41, 5.74) is 22.6. The Balaban J connectivity index is 1.25. The highest BCUT2D eigenvalue weighted by atomic mass is 15.0. The Morgan fingerprint density at radius 3 is 0.871 bits per heavy atom. The normalized spacial score (nSPS) is 11.6. The first kappa shape index (κ1) is 42.5. The summed E-state index contributed by atoms with van der Waals surface area (Å²) in [5, 5.41) is 15.7. The zero-order chi connectivity index (χ0) is 47.8. The number of aryl methyl sites for hydroxylation is 6. The highest BCUT2D eigenvalue weighted by Crippen LogP contribution is 2.45. The minimum atomic E-state index is 0.525. The first-order valence-corrected chi connectivity index (χ1v) is 23.9. The number of hydrogen-bond acceptors (Lipinski definition) is 3. The van der Waals surface area contributed by atoms with Crippen LogP contribution in [0.4, 0.5) is 0 Å². The molecule has 9 aromatic carbocycles. The lowest BCUT2D eigenvalue weighted by atomic mass is 10.0. The molecular weight excluding hydrogens is 851 g/mol. The monoisotopic (exact) mass is 899 g/mol.